The molecule has 0 aliphatic heterocycles. The van der Waals surface area contributed by atoms with Crippen LogP contribution in [0.1, 0.15) is 5.89 Å². The Morgan fingerprint density at radius 2 is 2.21 bits per heavy atom. The van der Waals surface area contributed by atoms with Crippen molar-refractivity contribution in [2.45, 2.75) is 10.9 Å². The zero-order valence-electron chi connectivity index (χ0n) is 12.0. The Balaban J connectivity index is 1.50. The fourth-order valence-electron chi connectivity index (χ4n) is 1.99. The van der Waals surface area contributed by atoms with Crippen molar-refractivity contribution in [1.29, 1.82) is 0 Å². The topological polar surface area (TPSA) is 95.7 Å². The third-order valence-electron chi connectivity index (χ3n) is 3.07. The zero-order chi connectivity index (χ0) is 16.4. The van der Waals surface area contributed by atoms with E-state index in [1.165, 1.54) is 41.1 Å². The van der Waals surface area contributed by atoms with Crippen LogP contribution in [0.15, 0.2) is 57.0 Å². The lowest BCUT2D eigenvalue weighted by atomic mass is 10.3. The Bertz CT molecular complexity index is 952. The van der Waals surface area contributed by atoms with Gasteiger partial charge in [-0.1, -0.05) is 23.0 Å². The molecule has 4 rings (SSSR count). The lowest BCUT2D eigenvalue weighted by Gasteiger charge is -2.02. The molecular formula is C14H9FN6O2S. The molecule has 0 aliphatic rings. The minimum Gasteiger partial charge on any atom is -0.472 e. The maximum atomic E-state index is 13.3. The summed E-state index contributed by atoms with van der Waals surface area (Å²) in [5.74, 6) is 0.884. The third kappa shape index (κ3) is 2.91. The molecule has 0 radical (unpaired) electrons. The van der Waals surface area contributed by atoms with E-state index in [1.54, 1.807) is 18.2 Å². The summed E-state index contributed by atoms with van der Waals surface area (Å²) in [5, 5.41) is 15.8. The van der Waals surface area contributed by atoms with Gasteiger partial charge >= 0.3 is 0 Å². The van der Waals surface area contributed by atoms with E-state index < -0.39 is 0 Å². The monoisotopic (exact) mass is 344 g/mol. The van der Waals surface area contributed by atoms with Gasteiger partial charge in [0, 0.05) is 0 Å². The number of rotatable bonds is 5. The molecule has 0 saturated heterocycles. The van der Waals surface area contributed by atoms with Crippen LogP contribution in [-0.2, 0) is 5.75 Å². The average molecular weight is 344 g/mol. The normalized spacial score (nSPS) is 11.0. The molecule has 8 nitrogen and oxygen atoms in total. The first-order valence-corrected chi connectivity index (χ1v) is 7.80. The van der Waals surface area contributed by atoms with Crippen LogP contribution in [0.2, 0.25) is 0 Å². The fraction of sp³-hybridized carbons (Fsp3) is 0.0714. The van der Waals surface area contributed by atoms with Gasteiger partial charge in [0.05, 0.1) is 23.3 Å². The minimum atomic E-state index is -0.361. The van der Waals surface area contributed by atoms with Crippen LogP contribution < -0.4 is 0 Å². The first kappa shape index (κ1) is 14.6. The molecule has 1 aromatic carbocycles. The van der Waals surface area contributed by atoms with Crippen molar-refractivity contribution in [3.63, 3.8) is 0 Å². The van der Waals surface area contributed by atoms with E-state index in [4.69, 9.17) is 8.94 Å². The zero-order valence-corrected chi connectivity index (χ0v) is 12.9. The van der Waals surface area contributed by atoms with Crippen molar-refractivity contribution in [2.24, 2.45) is 0 Å². The van der Waals surface area contributed by atoms with Gasteiger partial charge in [-0.3, -0.25) is 0 Å². The number of benzene rings is 1. The van der Waals surface area contributed by atoms with E-state index >= 15 is 0 Å². The number of thioether (sulfide) groups is 1. The largest absolute Gasteiger partial charge is 0.472 e. The summed E-state index contributed by atoms with van der Waals surface area (Å²) < 4.78 is 25.0. The molecule has 24 heavy (non-hydrogen) atoms. The lowest BCUT2D eigenvalue weighted by molar-refractivity contribution is 0.391. The van der Waals surface area contributed by atoms with Gasteiger partial charge in [0.1, 0.15) is 12.1 Å². The van der Waals surface area contributed by atoms with Gasteiger partial charge in [-0.2, -0.15) is 9.67 Å². The Morgan fingerprint density at radius 1 is 1.25 bits per heavy atom. The van der Waals surface area contributed by atoms with Gasteiger partial charge in [-0.15, -0.1) is 5.10 Å². The summed E-state index contributed by atoms with van der Waals surface area (Å²) in [7, 11) is 0. The van der Waals surface area contributed by atoms with Crippen LogP contribution in [0.5, 0.6) is 0 Å². The van der Waals surface area contributed by atoms with E-state index in [9.17, 15) is 4.39 Å². The molecule has 10 heteroatoms. The SMILES string of the molecule is Fc1cccc(-n2nnnc2SCc2nc(-c3ccoc3)no2)c1. The molecule has 120 valence electrons. The summed E-state index contributed by atoms with van der Waals surface area (Å²) in [4.78, 5) is 4.27. The molecule has 0 fully saturated rings. The predicted molar refractivity (Wildman–Crippen MR) is 80.7 cm³/mol. The van der Waals surface area contributed by atoms with Gasteiger partial charge in [0.2, 0.25) is 16.9 Å². The minimum absolute atomic E-state index is 0.361. The van der Waals surface area contributed by atoms with E-state index in [1.807, 2.05) is 0 Å². The van der Waals surface area contributed by atoms with E-state index in [-0.39, 0.29) is 5.82 Å². The van der Waals surface area contributed by atoms with Gasteiger partial charge in [0.15, 0.2) is 0 Å². The summed E-state index contributed by atoms with van der Waals surface area (Å²) in [5.41, 5.74) is 1.27. The van der Waals surface area contributed by atoms with E-state index in [0.717, 1.165) is 5.56 Å². The average Bonchev–Trinajstić information content (AvgIpc) is 3.33. The molecule has 0 amide bonds. The molecule has 3 aromatic heterocycles. The molecule has 0 N–H and O–H groups in total. The number of hydrogen-bond acceptors (Lipinski definition) is 8. The molecular weight excluding hydrogens is 335 g/mol. The summed E-state index contributed by atoms with van der Waals surface area (Å²) in [6.07, 6.45) is 3.07. The third-order valence-corrected chi connectivity index (χ3v) is 3.97. The van der Waals surface area contributed by atoms with Gasteiger partial charge in [-0.25, -0.2) is 4.39 Å². The highest BCUT2D eigenvalue weighted by molar-refractivity contribution is 7.98. The van der Waals surface area contributed by atoms with E-state index in [2.05, 4.69) is 25.7 Å². The Labute approximate surface area is 138 Å². The number of nitrogens with zero attached hydrogens (tertiary/aromatic N) is 6. The van der Waals surface area contributed by atoms with Crippen LogP contribution >= 0.6 is 11.8 Å². The van der Waals surface area contributed by atoms with Crippen LogP contribution in [0.3, 0.4) is 0 Å². The van der Waals surface area contributed by atoms with Crippen LogP contribution in [0, 0.1) is 5.82 Å². The number of hydrogen-bond donors (Lipinski definition) is 0. The fourth-order valence-corrected chi connectivity index (χ4v) is 2.72. The molecule has 3 heterocycles. The quantitative estimate of drug-likeness (QED) is 0.510. The van der Waals surface area contributed by atoms with Gasteiger partial charge < -0.3 is 8.94 Å². The molecule has 0 saturated carbocycles. The van der Waals surface area contributed by atoms with Crippen LogP contribution in [0.25, 0.3) is 17.1 Å². The van der Waals surface area contributed by atoms with Crippen molar-refractivity contribution in [3.8, 4) is 17.1 Å². The Hall–Kier alpha value is -3.01. The molecule has 0 aliphatic carbocycles. The van der Waals surface area contributed by atoms with Crippen LogP contribution in [0.4, 0.5) is 4.39 Å². The second kappa shape index (κ2) is 6.24. The highest BCUT2D eigenvalue weighted by Gasteiger charge is 2.14. The summed E-state index contributed by atoms with van der Waals surface area (Å²) in [6.45, 7) is 0. The maximum absolute atomic E-state index is 13.3. The number of aromatic nitrogens is 6. The number of tetrazole rings is 1. The second-order valence-corrected chi connectivity index (χ2v) is 5.61. The van der Waals surface area contributed by atoms with Crippen molar-refractivity contribution >= 4 is 11.8 Å². The molecule has 0 bridgehead atoms. The van der Waals surface area contributed by atoms with Gasteiger partial charge in [0.25, 0.3) is 0 Å². The van der Waals surface area contributed by atoms with Crippen LogP contribution in [-0.4, -0.2) is 30.3 Å². The lowest BCUT2D eigenvalue weighted by Crippen LogP contribution is -1.99. The van der Waals surface area contributed by atoms with Crippen molar-refractivity contribution in [2.75, 3.05) is 0 Å². The molecule has 0 atom stereocenters. The molecule has 0 spiro atoms. The number of furan rings is 1. The smallest absolute Gasteiger partial charge is 0.237 e. The predicted octanol–water partition coefficient (Wildman–Crippen LogP) is 2.74. The standard InChI is InChI=1S/C14H9FN6O2S/c15-10-2-1-3-11(6-10)21-14(17-19-20-21)24-8-12-16-13(18-23-12)9-4-5-22-7-9/h1-7H,8H2. The Kier molecular flexibility index (Phi) is 3.79. The first-order chi connectivity index (χ1) is 11.8. The molecule has 4 aromatic rings. The second-order valence-electron chi connectivity index (χ2n) is 4.67. The maximum Gasteiger partial charge on any atom is 0.237 e. The van der Waals surface area contributed by atoms with Crippen molar-refractivity contribution in [3.05, 3.63) is 54.6 Å². The Morgan fingerprint density at radius 3 is 3.04 bits per heavy atom. The highest BCUT2D eigenvalue weighted by atomic mass is 32.2. The van der Waals surface area contributed by atoms with Gasteiger partial charge in [-0.05, 0) is 34.7 Å². The van der Waals surface area contributed by atoms with E-state index in [0.29, 0.717) is 28.3 Å². The summed E-state index contributed by atoms with van der Waals surface area (Å²) >= 11 is 1.30. The first-order valence-electron chi connectivity index (χ1n) is 6.82. The van der Waals surface area contributed by atoms with Crippen molar-refractivity contribution < 1.29 is 13.3 Å². The molecule has 0 unspecified atom stereocenters. The number of halogens is 1. The van der Waals surface area contributed by atoms with Crippen molar-refractivity contribution in [1.82, 2.24) is 30.3 Å². The highest BCUT2D eigenvalue weighted by Crippen LogP contribution is 2.23. The summed E-state index contributed by atoms with van der Waals surface area (Å²) in [6, 6.07) is 7.76.